The minimum absolute atomic E-state index is 0.782. The maximum atomic E-state index is 3.70. The van der Waals surface area contributed by atoms with Crippen molar-refractivity contribution in [3.8, 4) is 0 Å². The monoisotopic (exact) mass is 208 g/mol. The van der Waals surface area contributed by atoms with Gasteiger partial charge in [-0.15, -0.1) is 0 Å². The van der Waals surface area contributed by atoms with Gasteiger partial charge in [-0.1, -0.05) is 26.0 Å². The summed E-state index contributed by atoms with van der Waals surface area (Å²) in [4.78, 5) is 2.48. The summed E-state index contributed by atoms with van der Waals surface area (Å²) in [6.45, 7) is 9.18. The van der Waals surface area contributed by atoms with Crippen LogP contribution in [0.25, 0.3) is 0 Å². The topological polar surface area (TPSA) is 15.3 Å². The molecule has 0 heterocycles. The third-order valence-corrected chi connectivity index (χ3v) is 4.09. The first-order chi connectivity index (χ1) is 7.35. The highest BCUT2D eigenvalue weighted by Gasteiger charge is 2.40. The van der Waals surface area contributed by atoms with Gasteiger partial charge in [0.05, 0.1) is 0 Å². The summed E-state index contributed by atoms with van der Waals surface area (Å²) in [6, 6.07) is 0.782. The van der Waals surface area contributed by atoms with E-state index in [9.17, 15) is 0 Å². The second-order valence-corrected chi connectivity index (χ2v) is 4.82. The number of rotatable bonds is 6. The SMILES string of the molecule is CCN(CC)CCNC1CC2CC=CC21. The van der Waals surface area contributed by atoms with Gasteiger partial charge in [-0.05, 0) is 37.8 Å². The molecule has 0 saturated heterocycles. The molecule has 0 aromatic carbocycles. The maximum absolute atomic E-state index is 3.70. The molecule has 0 bridgehead atoms. The van der Waals surface area contributed by atoms with Gasteiger partial charge in [0, 0.05) is 19.1 Å². The molecule has 0 radical (unpaired) electrons. The van der Waals surface area contributed by atoms with E-state index >= 15 is 0 Å². The zero-order valence-corrected chi connectivity index (χ0v) is 10.1. The maximum Gasteiger partial charge on any atom is 0.0136 e. The lowest BCUT2D eigenvalue weighted by Gasteiger charge is -2.41. The van der Waals surface area contributed by atoms with Crippen molar-refractivity contribution in [3.05, 3.63) is 12.2 Å². The van der Waals surface area contributed by atoms with E-state index in [1.54, 1.807) is 0 Å². The van der Waals surface area contributed by atoms with Crippen molar-refractivity contribution in [2.45, 2.75) is 32.7 Å². The van der Waals surface area contributed by atoms with Crippen molar-refractivity contribution in [1.29, 1.82) is 0 Å². The van der Waals surface area contributed by atoms with Crippen LogP contribution in [0.3, 0.4) is 0 Å². The van der Waals surface area contributed by atoms with Gasteiger partial charge in [0.25, 0.3) is 0 Å². The van der Waals surface area contributed by atoms with E-state index in [1.165, 1.54) is 32.5 Å². The van der Waals surface area contributed by atoms with E-state index in [0.717, 1.165) is 24.4 Å². The zero-order chi connectivity index (χ0) is 10.7. The fourth-order valence-corrected chi connectivity index (χ4v) is 2.90. The van der Waals surface area contributed by atoms with Crippen LogP contribution in [-0.2, 0) is 0 Å². The van der Waals surface area contributed by atoms with Crippen LogP contribution >= 0.6 is 0 Å². The van der Waals surface area contributed by atoms with Gasteiger partial charge in [-0.3, -0.25) is 0 Å². The lowest BCUT2D eigenvalue weighted by molar-refractivity contribution is 0.158. The second-order valence-electron chi connectivity index (χ2n) is 4.82. The summed E-state index contributed by atoms with van der Waals surface area (Å²) in [5.41, 5.74) is 0. The lowest BCUT2D eigenvalue weighted by Crippen LogP contribution is -2.49. The smallest absolute Gasteiger partial charge is 0.0136 e. The summed E-state index contributed by atoms with van der Waals surface area (Å²) >= 11 is 0. The van der Waals surface area contributed by atoms with E-state index in [-0.39, 0.29) is 0 Å². The van der Waals surface area contributed by atoms with Gasteiger partial charge in [0.2, 0.25) is 0 Å². The van der Waals surface area contributed by atoms with Crippen LogP contribution in [0.1, 0.15) is 26.7 Å². The molecule has 1 saturated carbocycles. The predicted molar refractivity (Wildman–Crippen MR) is 64.9 cm³/mol. The Bertz CT molecular complexity index is 221. The third kappa shape index (κ3) is 2.43. The van der Waals surface area contributed by atoms with Gasteiger partial charge >= 0.3 is 0 Å². The molecule has 0 aromatic rings. The number of likely N-dealkylation sites (N-methyl/N-ethyl adjacent to an activating group) is 1. The fraction of sp³-hybridized carbons (Fsp3) is 0.846. The first-order valence-corrected chi connectivity index (χ1v) is 6.47. The summed E-state index contributed by atoms with van der Waals surface area (Å²) in [5.74, 6) is 1.85. The predicted octanol–water partition coefficient (Wildman–Crippen LogP) is 1.88. The molecule has 15 heavy (non-hydrogen) atoms. The molecular weight excluding hydrogens is 184 g/mol. The second kappa shape index (κ2) is 5.13. The minimum Gasteiger partial charge on any atom is -0.312 e. The number of nitrogens with zero attached hydrogens (tertiary/aromatic N) is 1. The van der Waals surface area contributed by atoms with E-state index in [4.69, 9.17) is 0 Å². The van der Waals surface area contributed by atoms with Gasteiger partial charge in [0.1, 0.15) is 0 Å². The summed E-state index contributed by atoms with van der Waals surface area (Å²) in [7, 11) is 0. The van der Waals surface area contributed by atoms with Crippen molar-refractivity contribution in [2.75, 3.05) is 26.2 Å². The third-order valence-electron chi connectivity index (χ3n) is 4.09. The number of nitrogens with one attached hydrogen (secondary N) is 1. The van der Waals surface area contributed by atoms with Crippen LogP contribution in [0.2, 0.25) is 0 Å². The normalized spacial score (nSPS) is 33.1. The first kappa shape index (κ1) is 11.2. The molecule has 86 valence electrons. The Morgan fingerprint density at radius 1 is 1.33 bits per heavy atom. The molecule has 3 atom stereocenters. The van der Waals surface area contributed by atoms with E-state index in [1.807, 2.05) is 0 Å². The van der Waals surface area contributed by atoms with E-state index in [0.29, 0.717) is 0 Å². The molecule has 2 rings (SSSR count). The molecule has 1 fully saturated rings. The summed E-state index contributed by atoms with van der Waals surface area (Å²) in [5, 5.41) is 3.70. The van der Waals surface area contributed by atoms with Crippen LogP contribution in [0.4, 0.5) is 0 Å². The Morgan fingerprint density at radius 3 is 2.80 bits per heavy atom. The van der Waals surface area contributed by atoms with Crippen molar-refractivity contribution >= 4 is 0 Å². The van der Waals surface area contributed by atoms with Crippen LogP contribution in [0.15, 0.2) is 12.2 Å². The van der Waals surface area contributed by atoms with Crippen molar-refractivity contribution in [1.82, 2.24) is 10.2 Å². The van der Waals surface area contributed by atoms with Gasteiger partial charge in [-0.2, -0.15) is 0 Å². The molecular formula is C13H24N2. The molecule has 2 aliphatic rings. The Balaban J connectivity index is 1.61. The average Bonchev–Trinajstić information content (AvgIpc) is 2.60. The van der Waals surface area contributed by atoms with Gasteiger partial charge < -0.3 is 10.2 Å². The minimum atomic E-state index is 0.782. The van der Waals surface area contributed by atoms with Crippen LogP contribution in [0.5, 0.6) is 0 Å². The van der Waals surface area contributed by atoms with Crippen molar-refractivity contribution in [3.63, 3.8) is 0 Å². The van der Waals surface area contributed by atoms with Crippen molar-refractivity contribution < 1.29 is 0 Å². The molecule has 0 spiro atoms. The van der Waals surface area contributed by atoms with Crippen molar-refractivity contribution in [2.24, 2.45) is 11.8 Å². The van der Waals surface area contributed by atoms with Crippen LogP contribution < -0.4 is 5.32 Å². The van der Waals surface area contributed by atoms with E-state index in [2.05, 4.69) is 36.2 Å². The van der Waals surface area contributed by atoms with Crippen LogP contribution in [-0.4, -0.2) is 37.1 Å². The standard InChI is InChI=1S/C13H24N2/c1-3-15(4-2)9-8-14-13-10-11-6-5-7-12(11)13/h5,7,11-14H,3-4,6,8-10H2,1-2H3. The molecule has 0 aromatic heterocycles. The largest absolute Gasteiger partial charge is 0.312 e. The molecule has 3 unspecified atom stereocenters. The molecule has 1 N–H and O–H groups in total. The van der Waals surface area contributed by atoms with E-state index < -0.39 is 0 Å². The molecule has 0 aliphatic heterocycles. The summed E-state index contributed by atoms with van der Waals surface area (Å²) in [6.07, 6.45) is 7.51. The number of allylic oxidation sites excluding steroid dienone is 1. The summed E-state index contributed by atoms with van der Waals surface area (Å²) < 4.78 is 0. The Morgan fingerprint density at radius 2 is 2.13 bits per heavy atom. The Labute approximate surface area is 93.7 Å². The molecule has 0 amide bonds. The fourth-order valence-electron chi connectivity index (χ4n) is 2.90. The number of fused-ring (bicyclic) bond motifs is 1. The molecule has 2 aliphatic carbocycles. The van der Waals surface area contributed by atoms with Gasteiger partial charge in [0.15, 0.2) is 0 Å². The van der Waals surface area contributed by atoms with Crippen LogP contribution in [0, 0.1) is 11.8 Å². The highest BCUT2D eigenvalue weighted by atomic mass is 15.1. The zero-order valence-electron chi connectivity index (χ0n) is 10.1. The number of hydrogen-bond donors (Lipinski definition) is 1. The lowest BCUT2D eigenvalue weighted by atomic mass is 9.71. The Kier molecular flexibility index (Phi) is 3.81. The molecule has 2 heteroatoms. The quantitative estimate of drug-likeness (QED) is 0.671. The highest BCUT2D eigenvalue weighted by Crippen LogP contribution is 2.42. The number of hydrogen-bond acceptors (Lipinski definition) is 2. The van der Waals surface area contributed by atoms with Gasteiger partial charge in [-0.25, -0.2) is 0 Å². The first-order valence-electron chi connectivity index (χ1n) is 6.47. The Hall–Kier alpha value is -0.340. The average molecular weight is 208 g/mol. The highest BCUT2D eigenvalue weighted by molar-refractivity contribution is 5.12. The molecule has 2 nitrogen and oxygen atoms in total.